The number of aromatic nitrogens is 3. The van der Waals surface area contributed by atoms with Gasteiger partial charge in [0.05, 0.1) is 9.82 Å². The topological polar surface area (TPSA) is 97.4 Å². The molecule has 2 heterocycles. The number of carbonyl (C=O) groups excluding carboxylic acids is 1. The van der Waals surface area contributed by atoms with Crippen molar-refractivity contribution in [2.24, 2.45) is 7.05 Å². The number of nitro benzene ring substituents is 1. The summed E-state index contributed by atoms with van der Waals surface area (Å²) >= 11 is 1.15. The van der Waals surface area contributed by atoms with Crippen LogP contribution in [-0.4, -0.2) is 61.6 Å². The van der Waals surface area contributed by atoms with E-state index in [9.17, 15) is 14.9 Å². The minimum Gasteiger partial charge on any atom is -0.336 e. The number of benzene rings is 3. The van der Waals surface area contributed by atoms with E-state index in [-0.39, 0.29) is 11.6 Å². The van der Waals surface area contributed by atoms with Gasteiger partial charge in [0.15, 0.2) is 5.16 Å². The molecule has 0 radical (unpaired) electrons. The molecule has 9 nitrogen and oxygen atoms in total. The van der Waals surface area contributed by atoms with Gasteiger partial charge in [0.2, 0.25) is 0 Å². The molecule has 35 heavy (non-hydrogen) atoms. The van der Waals surface area contributed by atoms with Crippen molar-refractivity contribution in [2.45, 2.75) is 16.6 Å². The lowest BCUT2D eigenvalue weighted by Crippen LogP contribution is -2.48. The van der Waals surface area contributed by atoms with Crippen LogP contribution >= 0.6 is 11.8 Å². The Kier molecular flexibility index (Phi) is 6.47. The van der Waals surface area contributed by atoms with Crippen molar-refractivity contribution in [3.8, 4) is 0 Å². The van der Waals surface area contributed by atoms with Gasteiger partial charge < -0.3 is 9.47 Å². The number of carbonyl (C=O) groups is 1. The highest BCUT2D eigenvalue weighted by Crippen LogP contribution is 2.34. The van der Waals surface area contributed by atoms with E-state index in [0.29, 0.717) is 28.7 Å². The minimum atomic E-state index is -0.461. The zero-order valence-electron chi connectivity index (χ0n) is 19.2. The highest BCUT2D eigenvalue weighted by Gasteiger charge is 2.25. The number of nitrogens with zero attached hydrogens (tertiary/aromatic N) is 6. The molecule has 1 aromatic heterocycles. The maximum Gasteiger partial charge on any atom is 0.284 e. The largest absolute Gasteiger partial charge is 0.336 e. The number of rotatable bonds is 6. The Morgan fingerprint density at radius 3 is 2.57 bits per heavy atom. The van der Waals surface area contributed by atoms with Gasteiger partial charge in [0, 0.05) is 51.4 Å². The average Bonchev–Trinajstić information content (AvgIpc) is 3.28. The molecule has 0 bridgehead atoms. The first-order chi connectivity index (χ1) is 17.0. The Morgan fingerprint density at radius 1 is 1.06 bits per heavy atom. The highest BCUT2D eigenvalue weighted by atomic mass is 32.2. The Labute approximate surface area is 206 Å². The van der Waals surface area contributed by atoms with Crippen LogP contribution in [0.3, 0.4) is 0 Å². The first kappa shape index (κ1) is 23.0. The number of hydrogen-bond acceptors (Lipinski definition) is 7. The van der Waals surface area contributed by atoms with Gasteiger partial charge in [-0.05, 0) is 40.2 Å². The van der Waals surface area contributed by atoms with Crippen LogP contribution in [-0.2, 0) is 13.6 Å². The second-order valence-corrected chi connectivity index (χ2v) is 9.48. The van der Waals surface area contributed by atoms with Crippen LogP contribution in [0, 0.1) is 10.1 Å². The zero-order valence-corrected chi connectivity index (χ0v) is 20.0. The Bertz CT molecular complexity index is 1390. The van der Waals surface area contributed by atoms with Crippen molar-refractivity contribution >= 4 is 34.1 Å². The van der Waals surface area contributed by atoms with E-state index < -0.39 is 4.92 Å². The van der Waals surface area contributed by atoms with Crippen molar-refractivity contribution in [3.63, 3.8) is 0 Å². The molecule has 1 fully saturated rings. The summed E-state index contributed by atoms with van der Waals surface area (Å²) in [6, 6.07) is 19.3. The molecule has 1 saturated heterocycles. The predicted octanol–water partition coefficient (Wildman–Crippen LogP) is 3.99. The van der Waals surface area contributed by atoms with Crippen LogP contribution in [0.5, 0.6) is 0 Å². The first-order valence-electron chi connectivity index (χ1n) is 11.3. The van der Waals surface area contributed by atoms with Crippen molar-refractivity contribution in [2.75, 3.05) is 26.2 Å². The number of nitro groups is 1. The van der Waals surface area contributed by atoms with Gasteiger partial charge in [-0.25, -0.2) is 0 Å². The van der Waals surface area contributed by atoms with Crippen LogP contribution in [0.1, 0.15) is 15.9 Å². The number of hydrogen-bond donors (Lipinski definition) is 0. The average molecular weight is 489 g/mol. The fourth-order valence-corrected chi connectivity index (χ4v) is 5.16. The molecule has 5 rings (SSSR count). The molecule has 4 aromatic rings. The summed E-state index contributed by atoms with van der Waals surface area (Å²) in [5, 5.41) is 22.5. The van der Waals surface area contributed by atoms with Crippen LogP contribution < -0.4 is 0 Å². The number of amides is 1. The Morgan fingerprint density at radius 2 is 1.83 bits per heavy atom. The lowest BCUT2D eigenvalue weighted by atomic mass is 10.0. The second kappa shape index (κ2) is 9.85. The fraction of sp³-hybridized carbons (Fsp3) is 0.240. The third-order valence-corrected chi connectivity index (χ3v) is 7.32. The zero-order chi connectivity index (χ0) is 24.4. The van der Waals surface area contributed by atoms with Gasteiger partial charge in [0.25, 0.3) is 11.6 Å². The lowest BCUT2D eigenvalue weighted by Gasteiger charge is -2.35. The van der Waals surface area contributed by atoms with Crippen molar-refractivity contribution in [3.05, 3.63) is 88.2 Å². The van der Waals surface area contributed by atoms with Crippen LogP contribution in [0.15, 0.2) is 77.0 Å². The normalized spacial score (nSPS) is 14.4. The first-order valence-corrected chi connectivity index (χ1v) is 12.1. The standard InChI is InChI=1S/C25H24N6O3S/c1-28-17-26-27-25(28)35-23-10-9-19(15-22(23)31(33)34)24(32)30-13-11-29(12-14-30)16-20-7-4-6-18-5-2-3-8-21(18)20/h2-10,15,17H,11-14,16H2,1H3. The number of piperazine rings is 1. The summed E-state index contributed by atoms with van der Waals surface area (Å²) in [5.41, 5.74) is 1.48. The number of aryl methyl sites for hydroxylation is 1. The summed E-state index contributed by atoms with van der Waals surface area (Å²) in [4.78, 5) is 28.9. The summed E-state index contributed by atoms with van der Waals surface area (Å²) < 4.78 is 1.69. The monoisotopic (exact) mass is 488 g/mol. The molecule has 3 aromatic carbocycles. The summed E-state index contributed by atoms with van der Waals surface area (Å²) in [6.07, 6.45) is 1.53. The molecule has 10 heteroatoms. The highest BCUT2D eigenvalue weighted by molar-refractivity contribution is 7.99. The van der Waals surface area contributed by atoms with Crippen LogP contribution in [0.4, 0.5) is 5.69 Å². The number of fused-ring (bicyclic) bond motifs is 1. The molecule has 0 aliphatic carbocycles. The van der Waals surface area contributed by atoms with E-state index in [1.807, 2.05) is 6.07 Å². The van der Waals surface area contributed by atoms with Crippen LogP contribution in [0.2, 0.25) is 0 Å². The van der Waals surface area contributed by atoms with Crippen molar-refractivity contribution in [1.29, 1.82) is 0 Å². The van der Waals surface area contributed by atoms with Gasteiger partial charge in [-0.2, -0.15) is 0 Å². The van der Waals surface area contributed by atoms with E-state index >= 15 is 0 Å². The Hall–Kier alpha value is -3.76. The lowest BCUT2D eigenvalue weighted by molar-refractivity contribution is -0.387. The van der Waals surface area contributed by atoms with E-state index in [4.69, 9.17) is 0 Å². The van der Waals surface area contributed by atoms with Gasteiger partial charge in [-0.1, -0.05) is 42.5 Å². The molecule has 1 amide bonds. The molecule has 178 valence electrons. The molecule has 1 aliphatic heterocycles. The van der Waals surface area contributed by atoms with Crippen molar-refractivity contribution in [1.82, 2.24) is 24.6 Å². The van der Waals surface area contributed by atoms with Gasteiger partial charge in [0.1, 0.15) is 6.33 Å². The predicted molar refractivity (Wildman–Crippen MR) is 133 cm³/mol. The van der Waals surface area contributed by atoms with E-state index in [1.165, 1.54) is 28.7 Å². The third-order valence-electron chi connectivity index (χ3n) is 6.21. The third kappa shape index (κ3) is 4.89. The van der Waals surface area contributed by atoms with Crippen LogP contribution in [0.25, 0.3) is 10.8 Å². The molecule has 1 aliphatic rings. The minimum absolute atomic E-state index is 0.113. The van der Waals surface area contributed by atoms with Crippen molar-refractivity contribution < 1.29 is 9.72 Å². The van der Waals surface area contributed by atoms with Gasteiger partial charge in [-0.3, -0.25) is 19.8 Å². The Balaban J connectivity index is 1.26. The fourth-order valence-electron chi connectivity index (χ4n) is 4.31. The SMILES string of the molecule is Cn1cnnc1Sc1ccc(C(=O)N2CCN(Cc3cccc4ccccc34)CC2)cc1[N+](=O)[O-]. The molecule has 0 atom stereocenters. The summed E-state index contributed by atoms with van der Waals surface area (Å²) in [7, 11) is 1.77. The molecular formula is C25H24N6O3S. The van der Waals surface area contributed by atoms with E-state index in [2.05, 4.69) is 51.5 Å². The smallest absolute Gasteiger partial charge is 0.284 e. The summed E-state index contributed by atoms with van der Waals surface area (Å²) in [5.74, 6) is -0.187. The van der Waals surface area contributed by atoms with Gasteiger partial charge >= 0.3 is 0 Å². The molecule has 0 saturated carbocycles. The molecular weight excluding hydrogens is 464 g/mol. The van der Waals surface area contributed by atoms with E-state index in [0.717, 1.165) is 31.4 Å². The maximum atomic E-state index is 13.1. The maximum absolute atomic E-state index is 13.1. The second-order valence-electron chi connectivity index (χ2n) is 8.47. The molecule has 0 spiro atoms. The molecule has 0 unspecified atom stereocenters. The molecule has 0 N–H and O–H groups in total. The van der Waals surface area contributed by atoms with E-state index in [1.54, 1.807) is 28.6 Å². The summed E-state index contributed by atoms with van der Waals surface area (Å²) in [6.45, 7) is 3.47. The van der Waals surface area contributed by atoms with Gasteiger partial charge in [-0.15, -0.1) is 10.2 Å². The quantitative estimate of drug-likeness (QED) is 0.299.